The minimum Gasteiger partial charge on any atom is -0.298 e. The van der Waals surface area contributed by atoms with Crippen molar-refractivity contribution in [2.45, 2.75) is 20.3 Å². The lowest BCUT2D eigenvalue weighted by Crippen LogP contribution is -1.82. The average molecular weight is 205 g/mol. The van der Waals surface area contributed by atoms with Crippen molar-refractivity contribution in [2.24, 2.45) is 0 Å². The molecule has 0 atom stereocenters. The standard InChI is InChI=1S/C12H15NS/c1-3-12(14-10(2)13)9-11-7-5-4-6-8-11/h4-9,13H,3H2,1-2H3/b12-9+,13-10?. The van der Waals surface area contributed by atoms with E-state index < -0.39 is 0 Å². The quantitative estimate of drug-likeness (QED) is 0.581. The molecule has 0 bridgehead atoms. The van der Waals surface area contributed by atoms with Crippen LogP contribution in [-0.2, 0) is 0 Å². The predicted molar refractivity (Wildman–Crippen MR) is 65.7 cm³/mol. The Morgan fingerprint density at radius 3 is 2.50 bits per heavy atom. The van der Waals surface area contributed by atoms with Crippen LogP contribution >= 0.6 is 11.8 Å². The molecule has 0 saturated carbocycles. The molecule has 1 aromatic carbocycles. The molecule has 0 aliphatic carbocycles. The molecule has 2 heteroatoms. The molecule has 74 valence electrons. The first-order chi connectivity index (χ1) is 6.72. The maximum absolute atomic E-state index is 7.42. The highest BCUT2D eigenvalue weighted by atomic mass is 32.2. The van der Waals surface area contributed by atoms with Gasteiger partial charge in [0.2, 0.25) is 0 Å². The van der Waals surface area contributed by atoms with Crippen LogP contribution in [0.25, 0.3) is 6.08 Å². The fraction of sp³-hybridized carbons (Fsp3) is 0.250. The van der Waals surface area contributed by atoms with Gasteiger partial charge < -0.3 is 0 Å². The molecule has 0 saturated heterocycles. The summed E-state index contributed by atoms with van der Waals surface area (Å²) >= 11 is 1.54. The van der Waals surface area contributed by atoms with Crippen molar-refractivity contribution in [3.8, 4) is 0 Å². The normalized spacial score (nSPS) is 11.4. The second-order valence-electron chi connectivity index (χ2n) is 3.03. The molecule has 0 unspecified atom stereocenters. The van der Waals surface area contributed by atoms with Crippen molar-refractivity contribution >= 4 is 22.9 Å². The zero-order valence-electron chi connectivity index (χ0n) is 8.58. The van der Waals surface area contributed by atoms with E-state index >= 15 is 0 Å². The Bertz CT molecular complexity index is 327. The van der Waals surface area contributed by atoms with Gasteiger partial charge in [-0.05, 0) is 29.9 Å². The second kappa shape index (κ2) is 5.66. The van der Waals surface area contributed by atoms with Crippen molar-refractivity contribution in [2.75, 3.05) is 0 Å². The van der Waals surface area contributed by atoms with Gasteiger partial charge in [-0.15, -0.1) is 0 Å². The molecule has 0 aliphatic heterocycles. The van der Waals surface area contributed by atoms with E-state index in [0.29, 0.717) is 5.04 Å². The summed E-state index contributed by atoms with van der Waals surface area (Å²) in [6, 6.07) is 10.2. The second-order valence-corrected chi connectivity index (χ2v) is 4.37. The van der Waals surface area contributed by atoms with Crippen molar-refractivity contribution in [3.05, 3.63) is 40.8 Å². The molecule has 1 rings (SSSR count). The maximum atomic E-state index is 7.42. The van der Waals surface area contributed by atoms with Gasteiger partial charge in [-0.3, -0.25) is 5.41 Å². The van der Waals surface area contributed by atoms with Gasteiger partial charge in [-0.1, -0.05) is 49.0 Å². The van der Waals surface area contributed by atoms with Crippen molar-refractivity contribution < 1.29 is 0 Å². The molecule has 14 heavy (non-hydrogen) atoms. The van der Waals surface area contributed by atoms with Crippen LogP contribution in [0.3, 0.4) is 0 Å². The van der Waals surface area contributed by atoms with Gasteiger partial charge in [0.1, 0.15) is 0 Å². The minimum absolute atomic E-state index is 0.647. The van der Waals surface area contributed by atoms with Gasteiger partial charge in [0.05, 0.1) is 5.04 Å². The third-order valence-corrected chi connectivity index (χ3v) is 2.73. The monoisotopic (exact) mass is 205 g/mol. The Morgan fingerprint density at radius 2 is 2.00 bits per heavy atom. The van der Waals surface area contributed by atoms with Crippen LogP contribution in [-0.4, -0.2) is 5.04 Å². The molecule has 0 radical (unpaired) electrons. The summed E-state index contributed by atoms with van der Waals surface area (Å²) in [6.07, 6.45) is 3.12. The number of nitrogens with one attached hydrogen (secondary N) is 1. The molecule has 1 N–H and O–H groups in total. The summed E-state index contributed by atoms with van der Waals surface area (Å²) in [7, 11) is 0. The van der Waals surface area contributed by atoms with E-state index in [2.05, 4.69) is 25.1 Å². The molecule has 0 aromatic heterocycles. The number of benzene rings is 1. The molecule has 1 nitrogen and oxygen atoms in total. The summed E-state index contributed by atoms with van der Waals surface area (Å²) in [5.41, 5.74) is 1.21. The third kappa shape index (κ3) is 3.79. The first-order valence-electron chi connectivity index (χ1n) is 4.71. The number of allylic oxidation sites excluding steroid dienone is 1. The van der Waals surface area contributed by atoms with E-state index in [-0.39, 0.29) is 0 Å². The maximum Gasteiger partial charge on any atom is 0.0654 e. The zero-order valence-corrected chi connectivity index (χ0v) is 9.40. The van der Waals surface area contributed by atoms with E-state index in [9.17, 15) is 0 Å². The van der Waals surface area contributed by atoms with Gasteiger partial charge in [-0.25, -0.2) is 0 Å². The van der Waals surface area contributed by atoms with Gasteiger partial charge in [0.15, 0.2) is 0 Å². The highest BCUT2D eigenvalue weighted by molar-refractivity contribution is 8.17. The van der Waals surface area contributed by atoms with Crippen molar-refractivity contribution in [1.82, 2.24) is 0 Å². The van der Waals surface area contributed by atoms with Crippen LogP contribution in [0.2, 0.25) is 0 Å². The van der Waals surface area contributed by atoms with Crippen LogP contribution in [0.15, 0.2) is 35.2 Å². The summed E-state index contributed by atoms with van der Waals surface area (Å²) in [5, 5.41) is 8.06. The van der Waals surface area contributed by atoms with Crippen LogP contribution in [0.1, 0.15) is 25.8 Å². The lowest BCUT2D eigenvalue weighted by atomic mass is 10.2. The van der Waals surface area contributed by atoms with E-state index in [1.54, 1.807) is 0 Å². The number of hydrogen-bond acceptors (Lipinski definition) is 2. The highest BCUT2D eigenvalue weighted by Gasteiger charge is 1.97. The lowest BCUT2D eigenvalue weighted by molar-refractivity contribution is 1.21. The third-order valence-electron chi connectivity index (χ3n) is 1.76. The van der Waals surface area contributed by atoms with Crippen molar-refractivity contribution in [1.29, 1.82) is 5.41 Å². The van der Waals surface area contributed by atoms with Gasteiger partial charge in [0.25, 0.3) is 0 Å². The molecule has 0 spiro atoms. The molecular formula is C12H15NS. The predicted octanol–water partition coefficient (Wildman–Crippen LogP) is 4.17. The Labute approximate surface area is 89.7 Å². The number of rotatable bonds is 3. The lowest BCUT2D eigenvalue weighted by Gasteiger charge is -2.02. The Morgan fingerprint density at radius 1 is 1.36 bits per heavy atom. The molecule has 0 heterocycles. The van der Waals surface area contributed by atoms with E-state index in [1.807, 2.05) is 25.1 Å². The van der Waals surface area contributed by atoms with E-state index in [4.69, 9.17) is 5.41 Å². The zero-order chi connectivity index (χ0) is 10.4. The molecule has 0 aliphatic rings. The summed E-state index contributed by atoms with van der Waals surface area (Å²) < 4.78 is 0. The fourth-order valence-corrected chi connectivity index (χ4v) is 1.87. The number of hydrogen-bond donors (Lipinski definition) is 1. The summed E-state index contributed by atoms with van der Waals surface area (Å²) in [4.78, 5) is 1.24. The van der Waals surface area contributed by atoms with Gasteiger partial charge >= 0.3 is 0 Å². The minimum atomic E-state index is 0.647. The molecule has 0 fully saturated rings. The first kappa shape index (κ1) is 11.1. The number of thioether (sulfide) groups is 1. The molecule has 1 aromatic rings. The Hall–Kier alpha value is -1.02. The molecule has 0 amide bonds. The average Bonchev–Trinajstić information content (AvgIpc) is 2.17. The van der Waals surface area contributed by atoms with Gasteiger partial charge in [0, 0.05) is 0 Å². The van der Waals surface area contributed by atoms with Gasteiger partial charge in [-0.2, -0.15) is 0 Å². The van der Waals surface area contributed by atoms with Crippen LogP contribution in [0.4, 0.5) is 0 Å². The van der Waals surface area contributed by atoms with Crippen LogP contribution < -0.4 is 0 Å². The van der Waals surface area contributed by atoms with Crippen LogP contribution in [0.5, 0.6) is 0 Å². The van der Waals surface area contributed by atoms with Crippen molar-refractivity contribution in [3.63, 3.8) is 0 Å². The van der Waals surface area contributed by atoms with E-state index in [1.165, 1.54) is 22.2 Å². The SMILES string of the molecule is CC/C(=C\c1ccccc1)SC(C)=N. The Kier molecular flexibility index (Phi) is 4.47. The molecular weight excluding hydrogens is 190 g/mol. The largest absolute Gasteiger partial charge is 0.298 e. The topological polar surface area (TPSA) is 23.9 Å². The summed E-state index contributed by atoms with van der Waals surface area (Å²) in [6.45, 7) is 3.93. The smallest absolute Gasteiger partial charge is 0.0654 e. The van der Waals surface area contributed by atoms with Crippen LogP contribution in [0, 0.1) is 5.41 Å². The highest BCUT2D eigenvalue weighted by Crippen LogP contribution is 2.22. The summed E-state index contributed by atoms with van der Waals surface area (Å²) in [5.74, 6) is 0. The first-order valence-corrected chi connectivity index (χ1v) is 5.52. The Balaban J connectivity index is 2.78. The fourth-order valence-electron chi connectivity index (χ4n) is 1.14. The van der Waals surface area contributed by atoms with E-state index in [0.717, 1.165) is 6.42 Å².